The number of hydrogen-bond acceptors (Lipinski definition) is 3. The van der Waals surface area contributed by atoms with E-state index in [0.29, 0.717) is 15.1 Å². The fourth-order valence-electron chi connectivity index (χ4n) is 1.22. The highest BCUT2D eigenvalue weighted by Crippen LogP contribution is 2.40. The van der Waals surface area contributed by atoms with Crippen molar-refractivity contribution >= 4 is 39.0 Å². The lowest BCUT2D eigenvalue weighted by Gasteiger charge is -1.91. The molecule has 1 aromatic heterocycles. The summed E-state index contributed by atoms with van der Waals surface area (Å²) in [6, 6.07) is 4.97. The number of carboxylic acid groups (broad SMARTS) is 1. The third-order valence-corrected chi connectivity index (χ3v) is 3.48. The molecule has 2 aromatic rings. The number of benzene rings is 1. The van der Waals surface area contributed by atoms with Gasteiger partial charge in [-0.2, -0.15) is 0 Å². The molecular formula is C9H5ClO3S. The quantitative estimate of drug-likeness (QED) is 0.789. The van der Waals surface area contributed by atoms with Gasteiger partial charge < -0.3 is 10.2 Å². The molecule has 0 aliphatic carbocycles. The number of halogens is 1. The van der Waals surface area contributed by atoms with Crippen LogP contribution in [0.3, 0.4) is 0 Å². The Hall–Kier alpha value is -1.26. The molecule has 0 radical (unpaired) electrons. The summed E-state index contributed by atoms with van der Waals surface area (Å²) in [5.41, 5.74) is 0. The molecule has 0 aliphatic rings. The maximum absolute atomic E-state index is 10.7. The molecule has 2 rings (SSSR count). The number of carboxylic acids is 1. The average Bonchev–Trinajstić information content (AvgIpc) is 2.46. The normalized spacial score (nSPS) is 10.6. The fraction of sp³-hybridized carbons (Fsp3) is 0. The molecule has 0 amide bonds. The van der Waals surface area contributed by atoms with Gasteiger partial charge in [0, 0.05) is 5.39 Å². The maximum Gasteiger partial charge on any atom is 0.349 e. The Balaban J connectivity index is 2.86. The number of thiophene rings is 1. The molecular weight excluding hydrogens is 224 g/mol. The Morgan fingerprint density at radius 2 is 2.14 bits per heavy atom. The van der Waals surface area contributed by atoms with E-state index < -0.39 is 5.97 Å². The van der Waals surface area contributed by atoms with Crippen molar-refractivity contribution in [3.05, 3.63) is 28.1 Å². The van der Waals surface area contributed by atoms with Crippen LogP contribution in [0.1, 0.15) is 9.67 Å². The molecule has 0 saturated heterocycles. The van der Waals surface area contributed by atoms with Crippen molar-refractivity contribution in [1.82, 2.24) is 0 Å². The van der Waals surface area contributed by atoms with E-state index >= 15 is 0 Å². The molecule has 72 valence electrons. The van der Waals surface area contributed by atoms with Gasteiger partial charge in [0.2, 0.25) is 0 Å². The van der Waals surface area contributed by atoms with E-state index in [1.807, 2.05) is 0 Å². The lowest BCUT2D eigenvalue weighted by molar-refractivity contribution is 0.0699. The van der Waals surface area contributed by atoms with Gasteiger partial charge in [0.1, 0.15) is 5.75 Å². The zero-order valence-corrected chi connectivity index (χ0v) is 8.39. The first kappa shape index (κ1) is 9.30. The molecule has 0 spiro atoms. The summed E-state index contributed by atoms with van der Waals surface area (Å²) in [4.78, 5) is 10.6. The van der Waals surface area contributed by atoms with Crippen molar-refractivity contribution in [2.24, 2.45) is 0 Å². The summed E-state index contributed by atoms with van der Waals surface area (Å²) in [6.07, 6.45) is 0. The molecule has 0 atom stereocenters. The Kier molecular flexibility index (Phi) is 2.09. The minimum Gasteiger partial charge on any atom is -0.505 e. The van der Waals surface area contributed by atoms with Gasteiger partial charge in [-0.05, 0) is 12.1 Å². The first-order valence-electron chi connectivity index (χ1n) is 3.74. The summed E-state index contributed by atoms with van der Waals surface area (Å²) < 4.78 is 0.601. The van der Waals surface area contributed by atoms with Crippen LogP contribution in [0.4, 0.5) is 0 Å². The molecule has 2 N–H and O–H groups in total. The van der Waals surface area contributed by atoms with Crippen LogP contribution in [0, 0.1) is 0 Å². The van der Waals surface area contributed by atoms with E-state index in [-0.39, 0.29) is 10.6 Å². The highest BCUT2D eigenvalue weighted by molar-refractivity contribution is 7.21. The van der Waals surface area contributed by atoms with Crippen LogP contribution in [-0.2, 0) is 0 Å². The summed E-state index contributed by atoms with van der Waals surface area (Å²) in [5.74, 6) is -1.35. The third kappa shape index (κ3) is 1.23. The number of aromatic hydroxyl groups is 1. The van der Waals surface area contributed by atoms with E-state index in [9.17, 15) is 9.90 Å². The lowest BCUT2D eigenvalue weighted by atomic mass is 10.2. The van der Waals surface area contributed by atoms with Gasteiger partial charge >= 0.3 is 5.97 Å². The molecule has 1 aromatic carbocycles. The second-order valence-corrected chi connectivity index (χ2v) is 4.13. The van der Waals surface area contributed by atoms with Crippen molar-refractivity contribution in [3.63, 3.8) is 0 Å². The second-order valence-electron chi connectivity index (χ2n) is 2.70. The first-order valence-corrected chi connectivity index (χ1v) is 4.94. The average molecular weight is 229 g/mol. The van der Waals surface area contributed by atoms with E-state index in [0.717, 1.165) is 11.3 Å². The minimum atomic E-state index is -1.14. The van der Waals surface area contributed by atoms with Crippen molar-refractivity contribution in [2.45, 2.75) is 0 Å². The van der Waals surface area contributed by atoms with Crippen LogP contribution in [0.5, 0.6) is 5.75 Å². The molecule has 0 saturated carbocycles. The standard InChI is InChI=1S/C9H5ClO3S/c10-5-3-1-2-4-6(11)8(9(12)13)14-7(4)5/h1-3,11H,(H,12,13). The van der Waals surface area contributed by atoms with Crippen LogP contribution >= 0.6 is 22.9 Å². The highest BCUT2D eigenvalue weighted by atomic mass is 35.5. The van der Waals surface area contributed by atoms with Gasteiger partial charge in [0.05, 0.1) is 9.72 Å². The number of carbonyl (C=O) groups is 1. The van der Waals surface area contributed by atoms with E-state index in [1.54, 1.807) is 18.2 Å². The molecule has 5 heteroatoms. The predicted molar refractivity (Wildman–Crippen MR) is 55.5 cm³/mol. The Labute approximate surface area is 88.2 Å². The van der Waals surface area contributed by atoms with Crippen LogP contribution in [0.25, 0.3) is 10.1 Å². The number of rotatable bonds is 1. The molecule has 0 aliphatic heterocycles. The van der Waals surface area contributed by atoms with Crippen molar-refractivity contribution < 1.29 is 15.0 Å². The van der Waals surface area contributed by atoms with Gasteiger partial charge in [-0.3, -0.25) is 0 Å². The SMILES string of the molecule is O=C(O)c1sc2c(Cl)cccc2c1O. The number of hydrogen-bond donors (Lipinski definition) is 2. The largest absolute Gasteiger partial charge is 0.505 e. The molecule has 0 bridgehead atoms. The van der Waals surface area contributed by atoms with Crippen molar-refractivity contribution in [2.75, 3.05) is 0 Å². The van der Waals surface area contributed by atoms with E-state index in [4.69, 9.17) is 16.7 Å². The summed E-state index contributed by atoms with van der Waals surface area (Å²) in [5, 5.41) is 19.3. The monoisotopic (exact) mass is 228 g/mol. The van der Waals surface area contributed by atoms with Gasteiger partial charge in [-0.15, -0.1) is 11.3 Å². The Morgan fingerprint density at radius 1 is 1.43 bits per heavy atom. The Bertz CT molecular complexity index is 518. The summed E-state index contributed by atoms with van der Waals surface area (Å²) in [6.45, 7) is 0. The van der Waals surface area contributed by atoms with Crippen LogP contribution in [0.2, 0.25) is 5.02 Å². The molecule has 1 heterocycles. The smallest absolute Gasteiger partial charge is 0.349 e. The van der Waals surface area contributed by atoms with Crippen LogP contribution in [0.15, 0.2) is 18.2 Å². The van der Waals surface area contributed by atoms with Crippen molar-refractivity contribution in [3.8, 4) is 5.75 Å². The van der Waals surface area contributed by atoms with Gasteiger partial charge in [-0.1, -0.05) is 17.7 Å². The van der Waals surface area contributed by atoms with E-state index in [2.05, 4.69) is 0 Å². The van der Waals surface area contributed by atoms with Crippen LogP contribution < -0.4 is 0 Å². The molecule has 0 fully saturated rings. The first-order chi connectivity index (χ1) is 6.61. The predicted octanol–water partition coefficient (Wildman–Crippen LogP) is 2.96. The lowest BCUT2D eigenvalue weighted by Crippen LogP contribution is -1.90. The molecule has 14 heavy (non-hydrogen) atoms. The molecule has 0 unspecified atom stereocenters. The Morgan fingerprint density at radius 3 is 2.71 bits per heavy atom. The summed E-state index contributed by atoms with van der Waals surface area (Å²) >= 11 is 6.83. The molecule has 3 nitrogen and oxygen atoms in total. The van der Waals surface area contributed by atoms with Gasteiger partial charge in [-0.25, -0.2) is 4.79 Å². The summed E-state index contributed by atoms with van der Waals surface area (Å²) in [7, 11) is 0. The van der Waals surface area contributed by atoms with Gasteiger partial charge in [0.15, 0.2) is 4.88 Å². The van der Waals surface area contributed by atoms with Crippen LogP contribution in [-0.4, -0.2) is 16.2 Å². The topological polar surface area (TPSA) is 57.5 Å². The minimum absolute atomic E-state index is 0.0758. The zero-order valence-electron chi connectivity index (χ0n) is 6.82. The van der Waals surface area contributed by atoms with Crippen molar-refractivity contribution in [1.29, 1.82) is 0 Å². The van der Waals surface area contributed by atoms with E-state index in [1.165, 1.54) is 0 Å². The third-order valence-electron chi connectivity index (χ3n) is 1.84. The maximum atomic E-state index is 10.7. The fourth-order valence-corrected chi connectivity index (χ4v) is 2.45. The second kappa shape index (κ2) is 3.15. The van der Waals surface area contributed by atoms with Gasteiger partial charge in [0.25, 0.3) is 0 Å². The zero-order chi connectivity index (χ0) is 10.3. The number of fused-ring (bicyclic) bond motifs is 1. The highest BCUT2D eigenvalue weighted by Gasteiger charge is 2.17. The number of aromatic carboxylic acids is 1.